The van der Waals surface area contributed by atoms with Gasteiger partial charge in [0.2, 0.25) is 5.91 Å². The molecule has 0 spiro atoms. The number of ether oxygens (including phenoxy) is 1. The number of nitrogens with zero attached hydrogens (tertiary/aromatic N) is 1. The van der Waals surface area contributed by atoms with E-state index in [1.54, 1.807) is 7.11 Å². The zero-order valence-electron chi connectivity index (χ0n) is 10.6. The van der Waals surface area contributed by atoms with Gasteiger partial charge in [-0.15, -0.1) is 0 Å². The largest absolute Gasteiger partial charge is 0.497 e. The molecule has 98 valence electrons. The molecular weight excluding hydrogens is 246 g/mol. The number of carbonyl (C=O) groups is 1. The molecule has 0 bridgehead atoms. The highest BCUT2D eigenvalue weighted by Gasteiger charge is 2.27. The van der Waals surface area contributed by atoms with Crippen LogP contribution in [0.4, 0.5) is 0 Å². The van der Waals surface area contributed by atoms with E-state index < -0.39 is 0 Å². The Balaban J connectivity index is 1.85. The Morgan fingerprint density at radius 2 is 2.11 bits per heavy atom. The van der Waals surface area contributed by atoms with Crippen LogP contribution in [0.2, 0.25) is 0 Å². The van der Waals surface area contributed by atoms with Crippen molar-refractivity contribution in [2.75, 3.05) is 26.0 Å². The Hall–Kier alpha value is -1.16. The highest BCUT2D eigenvalue weighted by molar-refractivity contribution is 7.80. The smallest absolute Gasteiger partial charge is 0.222 e. The average molecular weight is 265 g/mol. The second-order valence-electron chi connectivity index (χ2n) is 4.69. The van der Waals surface area contributed by atoms with Crippen molar-refractivity contribution in [2.24, 2.45) is 5.92 Å². The fourth-order valence-corrected chi connectivity index (χ4v) is 2.49. The third-order valence-corrected chi connectivity index (χ3v) is 3.90. The Morgan fingerprint density at radius 3 is 2.67 bits per heavy atom. The van der Waals surface area contributed by atoms with Crippen LogP contribution in [0.25, 0.3) is 0 Å². The summed E-state index contributed by atoms with van der Waals surface area (Å²) in [6.07, 6.45) is 1.56. The molecule has 3 nitrogen and oxygen atoms in total. The second-order valence-corrected chi connectivity index (χ2v) is 5.06. The van der Waals surface area contributed by atoms with Crippen molar-refractivity contribution < 1.29 is 9.53 Å². The van der Waals surface area contributed by atoms with Gasteiger partial charge in [-0.2, -0.15) is 12.6 Å². The lowest BCUT2D eigenvalue weighted by molar-refractivity contribution is -0.127. The van der Waals surface area contributed by atoms with E-state index in [0.717, 1.165) is 31.0 Å². The molecule has 4 heteroatoms. The number of carbonyl (C=O) groups excluding carboxylic acids is 1. The van der Waals surface area contributed by atoms with Gasteiger partial charge in [-0.3, -0.25) is 4.79 Å². The summed E-state index contributed by atoms with van der Waals surface area (Å²) in [5, 5.41) is 0. The van der Waals surface area contributed by atoms with Gasteiger partial charge in [0.15, 0.2) is 0 Å². The fourth-order valence-electron chi connectivity index (χ4n) is 2.25. The van der Waals surface area contributed by atoms with Crippen molar-refractivity contribution in [3.8, 4) is 5.75 Å². The van der Waals surface area contributed by atoms with Crippen LogP contribution in [0, 0.1) is 5.92 Å². The van der Waals surface area contributed by atoms with Crippen LogP contribution in [0.1, 0.15) is 12.0 Å². The molecule has 0 saturated carbocycles. The summed E-state index contributed by atoms with van der Waals surface area (Å²) in [7, 11) is 1.66. The molecule has 1 aliphatic rings. The molecule has 1 saturated heterocycles. The topological polar surface area (TPSA) is 29.5 Å². The molecule has 0 radical (unpaired) electrons. The SMILES string of the molecule is COc1ccc(CCN2CC(CS)CC2=O)cc1. The van der Waals surface area contributed by atoms with Crippen molar-refractivity contribution in [1.82, 2.24) is 4.90 Å². The zero-order valence-corrected chi connectivity index (χ0v) is 11.5. The maximum atomic E-state index is 11.7. The van der Waals surface area contributed by atoms with Crippen LogP contribution in [-0.2, 0) is 11.2 Å². The summed E-state index contributed by atoms with van der Waals surface area (Å²) in [4.78, 5) is 13.7. The molecule has 1 atom stereocenters. The number of amides is 1. The average Bonchev–Trinajstić information content (AvgIpc) is 2.77. The fraction of sp³-hybridized carbons (Fsp3) is 0.500. The van der Waals surface area contributed by atoms with E-state index in [1.807, 2.05) is 17.0 Å². The van der Waals surface area contributed by atoms with E-state index in [0.29, 0.717) is 12.3 Å². The van der Waals surface area contributed by atoms with Crippen molar-refractivity contribution in [2.45, 2.75) is 12.8 Å². The zero-order chi connectivity index (χ0) is 13.0. The standard InChI is InChI=1S/C14H19NO2S/c1-17-13-4-2-11(3-5-13)6-7-15-9-12(10-18)8-14(15)16/h2-5,12,18H,6-10H2,1H3. The third kappa shape index (κ3) is 3.19. The third-order valence-electron chi connectivity index (χ3n) is 3.38. The van der Waals surface area contributed by atoms with E-state index in [2.05, 4.69) is 24.8 Å². The van der Waals surface area contributed by atoms with Crippen molar-refractivity contribution in [3.05, 3.63) is 29.8 Å². The maximum absolute atomic E-state index is 11.7. The normalized spacial score (nSPS) is 19.3. The monoisotopic (exact) mass is 265 g/mol. The molecule has 18 heavy (non-hydrogen) atoms. The molecular formula is C14H19NO2S. The minimum atomic E-state index is 0.266. The molecule has 1 aromatic carbocycles. The number of hydrogen-bond donors (Lipinski definition) is 1. The number of likely N-dealkylation sites (tertiary alicyclic amines) is 1. The molecule has 1 amide bonds. The number of benzene rings is 1. The van der Waals surface area contributed by atoms with Crippen LogP contribution >= 0.6 is 12.6 Å². The van der Waals surface area contributed by atoms with E-state index in [1.165, 1.54) is 5.56 Å². The molecule has 2 rings (SSSR count). The molecule has 0 aromatic heterocycles. The van der Waals surface area contributed by atoms with Crippen LogP contribution in [-0.4, -0.2) is 36.8 Å². The van der Waals surface area contributed by atoms with Gasteiger partial charge in [0.25, 0.3) is 0 Å². The van der Waals surface area contributed by atoms with Crippen LogP contribution in [0.15, 0.2) is 24.3 Å². The van der Waals surface area contributed by atoms with E-state index >= 15 is 0 Å². The quantitative estimate of drug-likeness (QED) is 0.825. The van der Waals surface area contributed by atoms with Crippen LogP contribution in [0.3, 0.4) is 0 Å². The summed E-state index contributed by atoms with van der Waals surface area (Å²) in [6, 6.07) is 8.01. The molecule has 0 aliphatic carbocycles. The highest BCUT2D eigenvalue weighted by atomic mass is 32.1. The van der Waals surface area contributed by atoms with Gasteiger partial charge in [-0.25, -0.2) is 0 Å². The molecule has 1 fully saturated rings. The predicted octanol–water partition coefficient (Wildman–Crippen LogP) is 2.02. The predicted molar refractivity (Wildman–Crippen MR) is 75.2 cm³/mol. The minimum absolute atomic E-state index is 0.266. The number of rotatable bonds is 5. The number of hydrogen-bond acceptors (Lipinski definition) is 3. The lowest BCUT2D eigenvalue weighted by Crippen LogP contribution is -2.27. The van der Waals surface area contributed by atoms with E-state index in [4.69, 9.17) is 4.74 Å². The summed E-state index contributed by atoms with van der Waals surface area (Å²) >= 11 is 4.26. The lowest BCUT2D eigenvalue weighted by Gasteiger charge is -2.16. The Bertz CT molecular complexity index is 405. The lowest BCUT2D eigenvalue weighted by atomic mass is 10.1. The highest BCUT2D eigenvalue weighted by Crippen LogP contribution is 2.19. The van der Waals surface area contributed by atoms with Crippen molar-refractivity contribution in [1.29, 1.82) is 0 Å². The summed E-state index contributed by atoms with van der Waals surface area (Å²) in [5.74, 6) is 2.36. The number of thiol groups is 1. The van der Waals surface area contributed by atoms with Gasteiger partial charge in [0.1, 0.15) is 5.75 Å². The summed E-state index contributed by atoms with van der Waals surface area (Å²) in [5.41, 5.74) is 1.23. The Labute approximate surface area is 114 Å². The Morgan fingerprint density at radius 1 is 1.39 bits per heavy atom. The molecule has 1 heterocycles. The van der Waals surface area contributed by atoms with Gasteiger partial charge in [-0.1, -0.05) is 12.1 Å². The van der Waals surface area contributed by atoms with E-state index in [-0.39, 0.29) is 5.91 Å². The second kappa shape index (κ2) is 6.14. The first-order valence-corrected chi connectivity index (χ1v) is 6.87. The molecule has 1 aliphatic heterocycles. The van der Waals surface area contributed by atoms with Gasteiger partial charge >= 0.3 is 0 Å². The van der Waals surface area contributed by atoms with Crippen molar-refractivity contribution >= 4 is 18.5 Å². The molecule has 0 N–H and O–H groups in total. The van der Waals surface area contributed by atoms with Crippen molar-refractivity contribution in [3.63, 3.8) is 0 Å². The summed E-state index contributed by atoms with van der Waals surface area (Å²) in [6.45, 7) is 1.66. The first kappa shape index (κ1) is 13.3. The molecule has 1 unspecified atom stereocenters. The van der Waals surface area contributed by atoms with Gasteiger partial charge < -0.3 is 9.64 Å². The van der Waals surface area contributed by atoms with Crippen LogP contribution in [0.5, 0.6) is 5.75 Å². The van der Waals surface area contributed by atoms with E-state index in [9.17, 15) is 4.79 Å². The van der Waals surface area contributed by atoms with Gasteiger partial charge in [0.05, 0.1) is 7.11 Å². The first-order valence-electron chi connectivity index (χ1n) is 6.24. The number of methoxy groups -OCH3 is 1. The maximum Gasteiger partial charge on any atom is 0.222 e. The Kier molecular flexibility index (Phi) is 4.53. The van der Waals surface area contributed by atoms with Crippen LogP contribution < -0.4 is 4.74 Å². The first-order chi connectivity index (χ1) is 8.72. The summed E-state index contributed by atoms with van der Waals surface area (Å²) < 4.78 is 5.12. The molecule has 1 aromatic rings. The van der Waals surface area contributed by atoms with Gasteiger partial charge in [-0.05, 0) is 35.8 Å². The minimum Gasteiger partial charge on any atom is -0.497 e. The van der Waals surface area contributed by atoms with Gasteiger partial charge in [0, 0.05) is 19.5 Å².